The van der Waals surface area contributed by atoms with Gasteiger partial charge in [0.2, 0.25) is 0 Å². The Balaban J connectivity index is 1.53. The largest absolute Gasteiger partial charge is 0.497 e. The standard InChI is InChI=1S/C26H22N4O3/c1-32-20-7-4-17(25(13-20)33-2)14-27-19-6-3-16-5-8-24-22(26(31)21(16)12-19)11-18(15-28-24)23-9-10-29-30-23/h3-13,15,27H,14H2,1-2H3,(H,29,30). The number of nitrogens with one attached hydrogen (secondary N) is 2. The number of H-pyrrole nitrogens is 1. The van der Waals surface area contributed by atoms with E-state index in [0.29, 0.717) is 22.8 Å². The maximum Gasteiger partial charge on any atom is 0.195 e. The average molecular weight is 438 g/mol. The highest BCUT2D eigenvalue weighted by Crippen LogP contribution is 2.26. The minimum Gasteiger partial charge on any atom is -0.497 e. The van der Waals surface area contributed by atoms with Crippen LogP contribution in [0.5, 0.6) is 11.5 Å². The monoisotopic (exact) mass is 438 g/mol. The molecule has 2 heterocycles. The molecule has 5 aromatic rings. The van der Waals surface area contributed by atoms with Crippen LogP contribution < -0.4 is 20.2 Å². The van der Waals surface area contributed by atoms with Crippen molar-refractivity contribution in [3.63, 3.8) is 0 Å². The highest BCUT2D eigenvalue weighted by atomic mass is 16.5. The van der Waals surface area contributed by atoms with E-state index in [2.05, 4.69) is 20.5 Å². The van der Waals surface area contributed by atoms with E-state index in [-0.39, 0.29) is 5.43 Å². The Morgan fingerprint density at radius 3 is 2.61 bits per heavy atom. The first-order valence-electron chi connectivity index (χ1n) is 10.5. The summed E-state index contributed by atoms with van der Waals surface area (Å²) in [5.74, 6) is 1.47. The van der Waals surface area contributed by atoms with Crippen LogP contribution in [0.1, 0.15) is 5.56 Å². The van der Waals surface area contributed by atoms with Crippen molar-refractivity contribution in [3.8, 4) is 22.8 Å². The third kappa shape index (κ3) is 3.96. The molecule has 7 nitrogen and oxygen atoms in total. The van der Waals surface area contributed by atoms with Gasteiger partial charge in [0.1, 0.15) is 11.5 Å². The van der Waals surface area contributed by atoms with Crippen LogP contribution in [-0.4, -0.2) is 29.4 Å². The smallest absolute Gasteiger partial charge is 0.195 e. The summed E-state index contributed by atoms with van der Waals surface area (Å²) in [7, 11) is 3.26. The van der Waals surface area contributed by atoms with Crippen molar-refractivity contribution in [2.24, 2.45) is 0 Å². The van der Waals surface area contributed by atoms with Gasteiger partial charge in [0.25, 0.3) is 0 Å². The van der Waals surface area contributed by atoms with Crippen LogP contribution in [0, 0.1) is 0 Å². The Morgan fingerprint density at radius 2 is 1.82 bits per heavy atom. The number of hydrogen-bond donors (Lipinski definition) is 2. The molecule has 33 heavy (non-hydrogen) atoms. The fourth-order valence-corrected chi connectivity index (χ4v) is 3.87. The van der Waals surface area contributed by atoms with Gasteiger partial charge < -0.3 is 14.8 Å². The van der Waals surface area contributed by atoms with Crippen LogP contribution in [0.15, 0.2) is 77.9 Å². The van der Waals surface area contributed by atoms with Gasteiger partial charge in [-0.15, -0.1) is 0 Å². The van der Waals surface area contributed by atoms with Gasteiger partial charge in [0.05, 0.1) is 25.4 Å². The summed E-state index contributed by atoms with van der Waals surface area (Å²) >= 11 is 0. The van der Waals surface area contributed by atoms with Gasteiger partial charge in [-0.05, 0) is 47.9 Å². The number of benzene rings is 2. The van der Waals surface area contributed by atoms with Crippen molar-refractivity contribution in [2.45, 2.75) is 6.54 Å². The Hall–Kier alpha value is -4.39. The number of hydrogen-bond acceptors (Lipinski definition) is 6. The average Bonchev–Trinajstić information content (AvgIpc) is 3.36. The van der Waals surface area contributed by atoms with Crippen molar-refractivity contribution in [1.82, 2.24) is 15.2 Å². The van der Waals surface area contributed by atoms with Crippen LogP contribution in [0.4, 0.5) is 5.69 Å². The van der Waals surface area contributed by atoms with E-state index in [4.69, 9.17) is 9.47 Å². The van der Waals surface area contributed by atoms with Gasteiger partial charge in [-0.1, -0.05) is 12.1 Å². The molecule has 0 bridgehead atoms. The molecule has 0 saturated heterocycles. The van der Waals surface area contributed by atoms with Gasteiger partial charge in [-0.3, -0.25) is 14.9 Å². The number of fused-ring (bicyclic) bond motifs is 2. The van der Waals surface area contributed by atoms with Crippen molar-refractivity contribution in [2.75, 3.05) is 19.5 Å². The summed E-state index contributed by atoms with van der Waals surface area (Å²) in [6.07, 6.45) is 3.48. The zero-order chi connectivity index (χ0) is 22.8. The molecular formula is C26H22N4O3. The van der Waals surface area contributed by atoms with E-state index < -0.39 is 0 Å². The van der Waals surface area contributed by atoms with Crippen molar-refractivity contribution < 1.29 is 9.47 Å². The SMILES string of the molecule is COc1ccc(CNc2ccc3ccc4ncc(-c5cc[nH]n5)cc4c(=O)c3c2)c(OC)c1. The number of anilines is 1. The number of ether oxygens (including phenoxy) is 2. The molecule has 7 heteroatoms. The van der Waals surface area contributed by atoms with E-state index in [0.717, 1.165) is 39.4 Å². The van der Waals surface area contributed by atoms with Gasteiger partial charge in [0, 0.05) is 52.6 Å². The maximum absolute atomic E-state index is 13.5. The highest BCUT2D eigenvalue weighted by Gasteiger charge is 2.09. The predicted molar refractivity (Wildman–Crippen MR) is 130 cm³/mol. The molecule has 5 rings (SSSR count). The summed E-state index contributed by atoms with van der Waals surface area (Å²) in [4.78, 5) is 18.0. The quantitative estimate of drug-likeness (QED) is 0.397. The molecule has 2 N–H and O–H groups in total. The first-order chi connectivity index (χ1) is 16.2. The van der Waals surface area contributed by atoms with E-state index in [9.17, 15) is 4.79 Å². The summed E-state index contributed by atoms with van der Waals surface area (Å²) in [5, 5.41) is 12.4. The second-order valence-electron chi connectivity index (χ2n) is 7.61. The molecule has 0 radical (unpaired) electrons. The number of nitrogens with zero attached hydrogens (tertiary/aromatic N) is 2. The Labute approximate surface area is 190 Å². The minimum absolute atomic E-state index is 0.0689. The van der Waals surface area contributed by atoms with E-state index in [1.165, 1.54) is 0 Å². The summed E-state index contributed by atoms with van der Waals surface area (Å²) in [6, 6.07) is 19.0. The number of methoxy groups -OCH3 is 2. The zero-order valence-corrected chi connectivity index (χ0v) is 18.3. The normalized spacial score (nSPS) is 11.0. The van der Waals surface area contributed by atoms with Crippen molar-refractivity contribution >= 4 is 27.4 Å². The minimum atomic E-state index is -0.0689. The first-order valence-corrected chi connectivity index (χ1v) is 10.5. The number of pyridine rings is 1. The third-order valence-corrected chi connectivity index (χ3v) is 5.66. The van der Waals surface area contributed by atoms with E-state index >= 15 is 0 Å². The molecule has 0 amide bonds. The molecule has 0 aliphatic heterocycles. The zero-order valence-electron chi connectivity index (χ0n) is 18.3. The lowest BCUT2D eigenvalue weighted by atomic mass is 10.1. The molecule has 0 atom stereocenters. The summed E-state index contributed by atoms with van der Waals surface area (Å²) in [5.41, 5.74) is 3.94. The molecule has 0 aliphatic rings. The Morgan fingerprint density at radius 1 is 0.939 bits per heavy atom. The van der Waals surface area contributed by atoms with Crippen LogP contribution in [0.2, 0.25) is 0 Å². The molecule has 0 aliphatic carbocycles. The number of aromatic amines is 1. The van der Waals surface area contributed by atoms with Gasteiger partial charge in [-0.2, -0.15) is 5.10 Å². The first kappa shape index (κ1) is 20.5. The molecule has 164 valence electrons. The summed E-state index contributed by atoms with van der Waals surface area (Å²) in [6.45, 7) is 0.539. The topological polar surface area (TPSA) is 89.1 Å². The Bertz CT molecular complexity index is 1510. The van der Waals surface area contributed by atoms with Gasteiger partial charge >= 0.3 is 0 Å². The number of rotatable bonds is 6. The van der Waals surface area contributed by atoms with Crippen LogP contribution in [0.25, 0.3) is 32.9 Å². The van der Waals surface area contributed by atoms with Gasteiger partial charge in [0.15, 0.2) is 5.43 Å². The lowest BCUT2D eigenvalue weighted by Gasteiger charge is -2.12. The van der Waals surface area contributed by atoms with E-state index in [1.807, 2.05) is 60.7 Å². The molecule has 0 saturated carbocycles. The molecular weight excluding hydrogens is 416 g/mol. The Kier molecular flexibility index (Phi) is 5.36. The molecule has 0 fully saturated rings. The fraction of sp³-hybridized carbons (Fsp3) is 0.115. The third-order valence-electron chi connectivity index (χ3n) is 5.66. The summed E-state index contributed by atoms with van der Waals surface area (Å²) < 4.78 is 10.7. The lowest BCUT2D eigenvalue weighted by molar-refractivity contribution is 0.391. The van der Waals surface area contributed by atoms with E-state index in [1.54, 1.807) is 26.6 Å². The predicted octanol–water partition coefficient (Wildman–Crippen LogP) is 4.77. The molecule has 2 aromatic heterocycles. The van der Waals surface area contributed by atoms with Crippen molar-refractivity contribution in [1.29, 1.82) is 0 Å². The highest BCUT2D eigenvalue weighted by molar-refractivity contribution is 5.94. The molecule has 3 aromatic carbocycles. The lowest BCUT2D eigenvalue weighted by Crippen LogP contribution is -2.04. The second kappa shape index (κ2) is 8.63. The van der Waals surface area contributed by atoms with Crippen LogP contribution in [-0.2, 0) is 6.54 Å². The number of aromatic nitrogens is 3. The second-order valence-corrected chi connectivity index (χ2v) is 7.61. The maximum atomic E-state index is 13.5. The molecule has 0 spiro atoms. The van der Waals surface area contributed by atoms with Crippen molar-refractivity contribution in [3.05, 3.63) is 88.8 Å². The van der Waals surface area contributed by atoms with Crippen LogP contribution >= 0.6 is 0 Å². The van der Waals surface area contributed by atoms with Crippen LogP contribution in [0.3, 0.4) is 0 Å². The van der Waals surface area contributed by atoms with Gasteiger partial charge in [-0.25, -0.2) is 0 Å². The fourth-order valence-electron chi connectivity index (χ4n) is 3.87. The molecule has 0 unspecified atom stereocenters.